The van der Waals surface area contributed by atoms with Gasteiger partial charge < -0.3 is 20.8 Å². The molecule has 2 aliphatic heterocycles. The number of ether oxygens (including phenoxy) is 1. The molecule has 28 heavy (non-hydrogen) atoms. The highest BCUT2D eigenvalue weighted by Crippen LogP contribution is 2.38. The van der Waals surface area contributed by atoms with Crippen molar-refractivity contribution in [3.05, 3.63) is 35.7 Å². The van der Waals surface area contributed by atoms with Crippen LogP contribution in [0.3, 0.4) is 0 Å². The van der Waals surface area contributed by atoms with E-state index in [1.807, 2.05) is 18.0 Å². The number of rotatable bonds is 4. The molecule has 2 aromatic heterocycles. The van der Waals surface area contributed by atoms with E-state index in [4.69, 9.17) is 20.9 Å². The van der Waals surface area contributed by atoms with Gasteiger partial charge in [-0.3, -0.25) is 4.98 Å². The summed E-state index contributed by atoms with van der Waals surface area (Å²) in [7, 11) is 0. The summed E-state index contributed by atoms with van der Waals surface area (Å²) in [4.78, 5) is 11.9. The van der Waals surface area contributed by atoms with Crippen LogP contribution in [-0.4, -0.2) is 53.5 Å². The predicted octanol–water partition coefficient (Wildman–Crippen LogP) is 3.41. The van der Waals surface area contributed by atoms with Gasteiger partial charge >= 0.3 is 0 Å². The molecule has 2 saturated heterocycles. The minimum absolute atomic E-state index is 0.281. The molecule has 2 aromatic rings. The first-order valence-electron chi connectivity index (χ1n) is 9.87. The largest absolute Gasteiger partial charge is 0.397 e. The lowest BCUT2D eigenvalue weighted by Crippen LogP contribution is -2.44. The lowest BCUT2D eigenvalue weighted by Gasteiger charge is -2.35. The second-order valence-corrected chi connectivity index (χ2v) is 8.64. The molecule has 4 rings (SSSR count). The van der Waals surface area contributed by atoms with Crippen LogP contribution in [0.2, 0.25) is 0 Å². The monoisotopic (exact) mass is 397 g/mol. The first-order valence-corrected chi connectivity index (χ1v) is 11.0. The molecule has 148 valence electrons. The van der Waals surface area contributed by atoms with E-state index in [0.717, 1.165) is 29.9 Å². The van der Waals surface area contributed by atoms with Crippen molar-refractivity contribution < 1.29 is 4.74 Å². The molecule has 2 aliphatic rings. The first kappa shape index (κ1) is 19.2. The number of thioether (sulfide) groups is 1. The van der Waals surface area contributed by atoms with E-state index in [0.29, 0.717) is 23.9 Å². The van der Waals surface area contributed by atoms with Crippen molar-refractivity contribution in [3.63, 3.8) is 0 Å². The lowest BCUT2D eigenvalue weighted by molar-refractivity contribution is 0.0985. The molecule has 3 N–H and O–H groups in total. The Kier molecular flexibility index (Phi) is 5.82. The SMILES string of the molecule is C[C@@H]1COCCN1c1cc(C2CCSCC2)c2ccnc(/C(N)=C/C=N)c2n1. The quantitative estimate of drug-likeness (QED) is 0.769. The van der Waals surface area contributed by atoms with E-state index in [-0.39, 0.29) is 6.04 Å². The highest BCUT2D eigenvalue weighted by Gasteiger charge is 2.25. The number of hydrogen-bond donors (Lipinski definition) is 2. The van der Waals surface area contributed by atoms with Gasteiger partial charge in [-0.05, 0) is 61.0 Å². The molecule has 0 spiro atoms. The highest BCUT2D eigenvalue weighted by molar-refractivity contribution is 7.99. The van der Waals surface area contributed by atoms with Gasteiger partial charge in [0.2, 0.25) is 0 Å². The van der Waals surface area contributed by atoms with Crippen LogP contribution in [0.1, 0.15) is 36.9 Å². The Bertz CT molecular complexity index is 894. The van der Waals surface area contributed by atoms with Crippen LogP contribution in [0.4, 0.5) is 5.82 Å². The summed E-state index contributed by atoms with van der Waals surface area (Å²) in [6.07, 6.45) is 6.95. The molecule has 0 bridgehead atoms. The van der Waals surface area contributed by atoms with Gasteiger partial charge in [0.25, 0.3) is 0 Å². The predicted molar refractivity (Wildman–Crippen MR) is 117 cm³/mol. The summed E-state index contributed by atoms with van der Waals surface area (Å²) in [6, 6.07) is 4.63. The zero-order valence-corrected chi connectivity index (χ0v) is 17.0. The molecule has 0 saturated carbocycles. The van der Waals surface area contributed by atoms with Gasteiger partial charge in [0.1, 0.15) is 17.0 Å². The molecule has 0 aliphatic carbocycles. The Morgan fingerprint density at radius 1 is 1.39 bits per heavy atom. The van der Waals surface area contributed by atoms with Crippen molar-refractivity contribution in [3.8, 4) is 0 Å². The van der Waals surface area contributed by atoms with E-state index in [1.54, 1.807) is 6.08 Å². The molecule has 2 fully saturated rings. The Morgan fingerprint density at radius 2 is 2.21 bits per heavy atom. The number of pyridine rings is 2. The molecule has 7 heteroatoms. The molecule has 0 amide bonds. The molecule has 0 aromatic carbocycles. The summed E-state index contributed by atoms with van der Waals surface area (Å²) in [5.74, 6) is 3.91. The van der Waals surface area contributed by atoms with Gasteiger partial charge in [-0.2, -0.15) is 11.8 Å². The van der Waals surface area contributed by atoms with Crippen LogP contribution in [0.5, 0.6) is 0 Å². The third kappa shape index (κ3) is 3.73. The van der Waals surface area contributed by atoms with Crippen LogP contribution in [-0.2, 0) is 4.74 Å². The van der Waals surface area contributed by atoms with E-state index >= 15 is 0 Å². The summed E-state index contributed by atoms with van der Waals surface area (Å²) >= 11 is 2.04. The van der Waals surface area contributed by atoms with E-state index in [9.17, 15) is 0 Å². The number of nitrogens with zero attached hydrogens (tertiary/aromatic N) is 3. The second kappa shape index (κ2) is 8.49. The van der Waals surface area contributed by atoms with Gasteiger partial charge in [-0.15, -0.1) is 0 Å². The van der Waals surface area contributed by atoms with Gasteiger partial charge in [-0.25, -0.2) is 4.98 Å². The first-order chi connectivity index (χ1) is 13.7. The van der Waals surface area contributed by atoms with Crippen molar-refractivity contribution in [2.45, 2.75) is 31.7 Å². The zero-order valence-electron chi connectivity index (χ0n) is 16.2. The summed E-state index contributed by atoms with van der Waals surface area (Å²) in [5, 5.41) is 8.50. The average Bonchev–Trinajstić information content (AvgIpc) is 2.73. The number of nitrogens with two attached hydrogens (primary N) is 1. The van der Waals surface area contributed by atoms with Gasteiger partial charge in [0.15, 0.2) is 0 Å². The zero-order chi connectivity index (χ0) is 19.5. The molecule has 4 heterocycles. The minimum atomic E-state index is 0.281. The van der Waals surface area contributed by atoms with Crippen molar-refractivity contribution in [1.82, 2.24) is 9.97 Å². The number of nitrogens with one attached hydrogen (secondary N) is 1. The fourth-order valence-electron chi connectivity index (χ4n) is 4.10. The average molecular weight is 398 g/mol. The van der Waals surface area contributed by atoms with Crippen molar-refractivity contribution in [1.29, 1.82) is 5.41 Å². The number of anilines is 1. The normalized spacial score (nSPS) is 21.8. The van der Waals surface area contributed by atoms with Crippen molar-refractivity contribution >= 4 is 40.4 Å². The number of morpholine rings is 1. The lowest BCUT2D eigenvalue weighted by atomic mass is 9.90. The molecular weight excluding hydrogens is 370 g/mol. The number of hydrogen-bond acceptors (Lipinski definition) is 7. The van der Waals surface area contributed by atoms with E-state index in [2.05, 4.69) is 28.9 Å². The Morgan fingerprint density at radius 3 is 2.96 bits per heavy atom. The standard InChI is InChI=1S/C21H27N5OS/c1-14-13-27-9-8-26(14)19-12-17(15-4-10-28-11-5-15)16-3-7-24-21(20(16)25-19)18(23)2-6-22/h2-3,6-7,12,14-15,22H,4-5,8-11,13,23H2,1H3/b18-2-,22-6?/t14-/m1/s1. The van der Waals surface area contributed by atoms with Crippen molar-refractivity contribution in [2.24, 2.45) is 5.73 Å². The van der Waals surface area contributed by atoms with Crippen molar-refractivity contribution in [2.75, 3.05) is 36.2 Å². The van der Waals surface area contributed by atoms with Gasteiger partial charge in [-0.1, -0.05) is 0 Å². The van der Waals surface area contributed by atoms with Crippen LogP contribution in [0.25, 0.3) is 16.6 Å². The third-order valence-corrected chi connectivity index (χ3v) is 6.65. The summed E-state index contributed by atoms with van der Waals surface area (Å²) < 4.78 is 5.62. The van der Waals surface area contributed by atoms with Gasteiger partial charge in [0, 0.05) is 24.3 Å². The highest BCUT2D eigenvalue weighted by atomic mass is 32.2. The maximum Gasteiger partial charge on any atom is 0.130 e. The maximum atomic E-state index is 7.37. The molecule has 0 radical (unpaired) electrons. The van der Waals surface area contributed by atoms with E-state index in [1.165, 1.54) is 36.1 Å². The molecule has 0 unspecified atom stereocenters. The number of aromatic nitrogens is 2. The smallest absolute Gasteiger partial charge is 0.130 e. The number of allylic oxidation sites excluding steroid dienone is 1. The molecule has 6 nitrogen and oxygen atoms in total. The number of fused-ring (bicyclic) bond motifs is 1. The maximum absolute atomic E-state index is 7.37. The molecule has 1 atom stereocenters. The molecular formula is C21H27N5OS. The second-order valence-electron chi connectivity index (χ2n) is 7.42. The van der Waals surface area contributed by atoms with E-state index < -0.39 is 0 Å². The van der Waals surface area contributed by atoms with Crippen LogP contribution < -0.4 is 10.6 Å². The fourth-order valence-corrected chi connectivity index (χ4v) is 5.21. The Hall–Kier alpha value is -2.12. The van der Waals surface area contributed by atoms with Crippen LogP contribution in [0, 0.1) is 5.41 Å². The van der Waals surface area contributed by atoms with Crippen LogP contribution in [0.15, 0.2) is 24.4 Å². The Labute approximate surface area is 170 Å². The third-order valence-electron chi connectivity index (χ3n) is 5.61. The topological polar surface area (TPSA) is 88.1 Å². The summed E-state index contributed by atoms with van der Waals surface area (Å²) in [6.45, 7) is 4.44. The fraction of sp³-hybridized carbons (Fsp3) is 0.476. The summed E-state index contributed by atoms with van der Waals surface area (Å²) in [5.41, 5.74) is 9.55. The Balaban J connectivity index is 1.91. The van der Waals surface area contributed by atoms with Crippen LogP contribution >= 0.6 is 11.8 Å². The minimum Gasteiger partial charge on any atom is -0.397 e. The van der Waals surface area contributed by atoms with Gasteiger partial charge in [0.05, 0.1) is 25.0 Å².